The Morgan fingerprint density at radius 3 is 3.00 bits per heavy atom. The molecule has 0 spiro atoms. The number of rotatable bonds is 3. The predicted molar refractivity (Wildman–Crippen MR) is 67.7 cm³/mol. The number of ether oxygens (including phenoxy) is 1. The highest BCUT2D eigenvalue weighted by molar-refractivity contribution is 9.09. The Kier molecular flexibility index (Phi) is 4.00. The fourth-order valence-electron chi connectivity index (χ4n) is 1.74. The summed E-state index contributed by atoms with van der Waals surface area (Å²) >= 11 is 3.26. The minimum Gasteiger partial charge on any atom is -0.394 e. The number of nitrogens with one attached hydrogen (secondary N) is 2. The van der Waals surface area contributed by atoms with Gasteiger partial charge in [-0.2, -0.15) is 0 Å². The second-order valence-corrected chi connectivity index (χ2v) is 5.16. The summed E-state index contributed by atoms with van der Waals surface area (Å²) in [5.41, 5.74) is 0.244. The van der Waals surface area contributed by atoms with Gasteiger partial charge in [-0.3, -0.25) is 4.98 Å². The van der Waals surface area contributed by atoms with E-state index in [9.17, 15) is 9.90 Å². The molecule has 0 aliphatic carbocycles. The number of nitrogens with zero attached hydrogens (tertiary/aromatic N) is 1. The number of aryl methyl sites for hydroxylation is 1. The number of H-pyrrole nitrogens is 1. The Hall–Kier alpha value is -0.960. The first kappa shape index (κ1) is 13.5. The molecule has 1 aromatic heterocycles. The van der Waals surface area contributed by atoms with Crippen molar-refractivity contribution in [3.8, 4) is 0 Å². The Bertz CT molecular complexity index is 480. The van der Waals surface area contributed by atoms with Gasteiger partial charge < -0.3 is 20.3 Å². The van der Waals surface area contributed by atoms with E-state index in [0.717, 1.165) is 5.56 Å². The Morgan fingerprint density at radius 2 is 2.39 bits per heavy atom. The van der Waals surface area contributed by atoms with Gasteiger partial charge in [0.1, 0.15) is 11.9 Å². The van der Waals surface area contributed by atoms with E-state index in [4.69, 9.17) is 9.84 Å². The average molecular weight is 320 g/mol. The van der Waals surface area contributed by atoms with E-state index in [0.29, 0.717) is 5.82 Å². The van der Waals surface area contributed by atoms with Crippen molar-refractivity contribution in [2.24, 2.45) is 0 Å². The number of aromatic amines is 1. The molecule has 1 saturated heterocycles. The molecule has 0 radical (unpaired) electrons. The van der Waals surface area contributed by atoms with Gasteiger partial charge in [0.15, 0.2) is 6.23 Å². The van der Waals surface area contributed by atoms with Crippen LogP contribution in [0, 0.1) is 6.92 Å². The molecule has 0 unspecified atom stereocenters. The molecule has 0 amide bonds. The first-order valence-corrected chi connectivity index (χ1v) is 6.35. The van der Waals surface area contributed by atoms with Gasteiger partial charge in [0.25, 0.3) is 0 Å². The molecule has 0 aromatic carbocycles. The van der Waals surface area contributed by atoms with Gasteiger partial charge in [-0.1, -0.05) is 15.9 Å². The third-order valence-corrected chi connectivity index (χ3v) is 3.91. The minimum atomic E-state index is -0.835. The summed E-state index contributed by atoms with van der Waals surface area (Å²) in [6.45, 7) is 1.57. The van der Waals surface area contributed by atoms with Gasteiger partial charge in [-0.25, -0.2) is 9.78 Å². The maximum absolute atomic E-state index is 11.1. The third kappa shape index (κ3) is 2.56. The van der Waals surface area contributed by atoms with Crippen molar-refractivity contribution in [3.63, 3.8) is 0 Å². The monoisotopic (exact) mass is 319 g/mol. The summed E-state index contributed by atoms with van der Waals surface area (Å²) in [5, 5.41) is 21.9. The minimum absolute atomic E-state index is 0.197. The molecule has 100 valence electrons. The number of hydrogen-bond donors (Lipinski definition) is 4. The molecule has 7 nitrogen and oxygen atoms in total. The number of hydrogen-bond acceptors (Lipinski definition) is 6. The highest BCUT2D eigenvalue weighted by atomic mass is 79.9. The molecule has 8 heteroatoms. The van der Waals surface area contributed by atoms with E-state index in [-0.39, 0.29) is 11.4 Å². The van der Waals surface area contributed by atoms with E-state index >= 15 is 0 Å². The zero-order valence-corrected chi connectivity index (χ0v) is 11.2. The van der Waals surface area contributed by atoms with E-state index in [1.54, 1.807) is 6.92 Å². The summed E-state index contributed by atoms with van der Waals surface area (Å²) in [5.74, 6) is 0.442. The van der Waals surface area contributed by atoms with Crippen LogP contribution in [-0.4, -0.2) is 50.1 Å². The largest absolute Gasteiger partial charge is 0.394 e. The maximum Gasteiger partial charge on any atom is 0.346 e. The number of alkyl halides is 1. The van der Waals surface area contributed by atoms with Gasteiger partial charge in [-0.15, -0.1) is 0 Å². The summed E-state index contributed by atoms with van der Waals surface area (Å²) in [6.07, 6.45) is -0.606. The molecule has 1 aromatic rings. The fraction of sp³-hybridized carbons (Fsp3) is 0.600. The molecule has 2 heterocycles. The second-order valence-electron chi connectivity index (χ2n) is 4.10. The van der Waals surface area contributed by atoms with E-state index in [1.165, 1.54) is 6.20 Å². The molecule has 1 fully saturated rings. The Morgan fingerprint density at radius 1 is 1.67 bits per heavy atom. The summed E-state index contributed by atoms with van der Waals surface area (Å²) in [4.78, 5) is 16.9. The zero-order chi connectivity index (χ0) is 13.3. The average Bonchev–Trinajstić information content (AvgIpc) is 2.62. The van der Waals surface area contributed by atoms with Crippen LogP contribution in [0.2, 0.25) is 0 Å². The van der Waals surface area contributed by atoms with Crippen LogP contribution in [0.3, 0.4) is 0 Å². The van der Waals surface area contributed by atoms with Gasteiger partial charge in [0, 0.05) is 11.8 Å². The summed E-state index contributed by atoms with van der Waals surface area (Å²) in [7, 11) is 0. The van der Waals surface area contributed by atoms with Crippen LogP contribution < -0.4 is 11.0 Å². The molecule has 1 aliphatic heterocycles. The molecule has 18 heavy (non-hydrogen) atoms. The highest BCUT2D eigenvalue weighted by Crippen LogP contribution is 2.27. The number of halogens is 1. The zero-order valence-electron chi connectivity index (χ0n) is 9.63. The number of aromatic nitrogens is 2. The van der Waals surface area contributed by atoms with E-state index < -0.39 is 24.1 Å². The summed E-state index contributed by atoms with van der Waals surface area (Å²) in [6, 6.07) is 0. The predicted octanol–water partition coefficient (Wildman–Crippen LogP) is -0.668. The molecule has 1 aliphatic rings. The number of anilines is 1. The normalized spacial score (nSPS) is 31.6. The van der Waals surface area contributed by atoms with Crippen LogP contribution >= 0.6 is 15.9 Å². The van der Waals surface area contributed by atoms with Crippen LogP contribution in [0.1, 0.15) is 5.56 Å². The van der Waals surface area contributed by atoms with Crippen molar-refractivity contribution < 1.29 is 14.9 Å². The van der Waals surface area contributed by atoms with Gasteiger partial charge in [-0.05, 0) is 6.92 Å². The summed E-state index contributed by atoms with van der Waals surface area (Å²) < 4.78 is 5.43. The van der Waals surface area contributed by atoms with Crippen LogP contribution in [0.25, 0.3) is 0 Å². The van der Waals surface area contributed by atoms with Crippen molar-refractivity contribution >= 4 is 21.7 Å². The lowest BCUT2D eigenvalue weighted by molar-refractivity contribution is 0.00543. The van der Waals surface area contributed by atoms with E-state index in [1.807, 2.05) is 0 Å². The molecule has 0 bridgehead atoms. The van der Waals surface area contributed by atoms with Gasteiger partial charge in [0.05, 0.1) is 17.5 Å². The molecule has 0 saturated carbocycles. The van der Waals surface area contributed by atoms with Crippen molar-refractivity contribution in [2.75, 3.05) is 11.9 Å². The van der Waals surface area contributed by atoms with Crippen LogP contribution in [0.15, 0.2) is 11.0 Å². The molecule has 4 N–H and O–H groups in total. The van der Waals surface area contributed by atoms with Crippen LogP contribution in [-0.2, 0) is 4.74 Å². The first-order valence-electron chi connectivity index (χ1n) is 5.44. The fourth-order valence-corrected chi connectivity index (χ4v) is 2.31. The molecular formula is C10H14BrN3O4. The van der Waals surface area contributed by atoms with Crippen LogP contribution in [0.5, 0.6) is 0 Å². The lowest BCUT2D eigenvalue weighted by Crippen LogP contribution is -2.34. The van der Waals surface area contributed by atoms with Crippen molar-refractivity contribution in [2.45, 2.75) is 30.2 Å². The lowest BCUT2D eigenvalue weighted by Gasteiger charge is -2.18. The molecule has 4 atom stereocenters. The highest BCUT2D eigenvalue weighted by Gasteiger charge is 2.42. The molecular weight excluding hydrogens is 306 g/mol. The first-order chi connectivity index (χ1) is 8.52. The number of aliphatic hydroxyl groups excluding tert-OH is 2. The number of aliphatic hydroxyl groups is 2. The van der Waals surface area contributed by atoms with Gasteiger partial charge >= 0.3 is 5.69 Å². The standard InChI is InChI=1S/C10H14BrN3O4/c1-4-2-12-10(17)14-8(4)13-9-7(16)6(11)5(3-15)18-9/h2,5-7,9,15-16H,3H2,1H3,(H2,12,13,14,17)/t5-,6+,7-,9-/m1/s1. The lowest BCUT2D eigenvalue weighted by atomic mass is 10.2. The van der Waals surface area contributed by atoms with Crippen molar-refractivity contribution in [1.29, 1.82) is 0 Å². The quantitative estimate of drug-likeness (QED) is 0.551. The van der Waals surface area contributed by atoms with E-state index in [2.05, 4.69) is 31.2 Å². The third-order valence-electron chi connectivity index (χ3n) is 2.78. The molecule has 2 rings (SSSR count). The topological polar surface area (TPSA) is 107 Å². The smallest absolute Gasteiger partial charge is 0.346 e. The second kappa shape index (κ2) is 5.35. The maximum atomic E-state index is 11.1. The Labute approximate surface area is 111 Å². The Balaban J connectivity index is 2.15. The van der Waals surface area contributed by atoms with Crippen molar-refractivity contribution in [1.82, 2.24) is 9.97 Å². The van der Waals surface area contributed by atoms with Gasteiger partial charge in [0.2, 0.25) is 0 Å². The SMILES string of the molecule is Cc1cnc(=O)[nH]c1N[C@@H]1O[C@H](CO)[C@H](Br)[C@H]1O. The van der Waals surface area contributed by atoms with Crippen molar-refractivity contribution in [3.05, 3.63) is 22.2 Å². The van der Waals surface area contributed by atoms with Crippen LogP contribution in [0.4, 0.5) is 5.82 Å².